The summed E-state index contributed by atoms with van der Waals surface area (Å²) in [7, 11) is 0. The highest BCUT2D eigenvalue weighted by atomic mass is 19.1. The molecule has 0 bridgehead atoms. The van der Waals surface area contributed by atoms with E-state index in [0.29, 0.717) is 18.0 Å². The molecule has 0 heterocycles. The Balaban J connectivity index is 2.19. The molecule has 1 aliphatic carbocycles. The van der Waals surface area contributed by atoms with Crippen LogP contribution in [-0.2, 0) is 0 Å². The van der Waals surface area contributed by atoms with Crippen LogP contribution in [0.1, 0.15) is 48.5 Å². The number of hydrogen-bond donors (Lipinski definition) is 2. The van der Waals surface area contributed by atoms with E-state index in [1.165, 1.54) is 6.07 Å². The van der Waals surface area contributed by atoms with Crippen LogP contribution in [-0.4, -0.2) is 18.0 Å². The monoisotopic (exact) mass is 278 g/mol. The van der Waals surface area contributed by atoms with E-state index in [1.54, 1.807) is 19.1 Å². The minimum absolute atomic E-state index is 0.107. The predicted octanol–water partition coefficient (Wildman–Crippen LogP) is 2.77. The summed E-state index contributed by atoms with van der Waals surface area (Å²) >= 11 is 0. The Morgan fingerprint density at radius 1 is 1.55 bits per heavy atom. The molecule has 2 rings (SSSR count). The molecule has 1 aromatic carbocycles. The van der Waals surface area contributed by atoms with E-state index >= 15 is 0 Å². The molecule has 110 valence electrons. The van der Waals surface area contributed by atoms with Crippen molar-refractivity contribution in [3.8, 4) is 0 Å². The molecule has 0 aliphatic heterocycles. The number of benzene rings is 1. The highest BCUT2D eigenvalue weighted by Gasteiger charge is 2.35. The van der Waals surface area contributed by atoms with Gasteiger partial charge in [-0.25, -0.2) is 4.39 Å². The molecule has 2 unspecified atom stereocenters. The maximum absolute atomic E-state index is 14.0. The van der Waals surface area contributed by atoms with Gasteiger partial charge in [-0.15, -0.1) is 0 Å². The number of aryl methyl sites for hydroxylation is 1. The lowest BCUT2D eigenvalue weighted by molar-refractivity contribution is 0.0849. The molecule has 4 heteroatoms. The van der Waals surface area contributed by atoms with Crippen LogP contribution < -0.4 is 11.1 Å². The lowest BCUT2D eigenvalue weighted by Gasteiger charge is -2.40. The Kier molecular flexibility index (Phi) is 4.43. The third kappa shape index (κ3) is 3.01. The van der Waals surface area contributed by atoms with Gasteiger partial charge in [-0.05, 0) is 37.3 Å². The number of amides is 1. The number of nitrogens with two attached hydrogens (primary N) is 1. The molecule has 3 N–H and O–H groups in total. The third-order valence-electron chi connectivity index (χ3n) is 4.30. The number of halogens is 1. The maximum atomic E-state index is 14.0. The molecule has 2 atom stereocenters. The molecule has 0 aromatic heterocycles. The van der Waals surface area contributed by atoms with Crippen LogP contribution in [0.4, 0.5) is 4.39 Å². The van der Waals surface area contributed by atoms with Gasteiger partial charge in [0.2, 0.25) is 0 Å². The van der Waals surface area contributed by atoms with Crippen LogP contribution in [0, 0.1) is 18.7 Å². The van der Waals surface area contributed by atoms with E-state index in [4.69, 9.17) is 5.73 Å². The molecule has 1 aromatic rings. The predicted molar refractivity (Wildman–Crippen MR) is 78.0 cm³/mol. The topological polar surface area (TPSA) is 55.1 Å². The van der Waals surface area contributed by atoms with Crippen molar-refractivity contribution in [2.75, 3.05) is 6.54 Å². The van der Waals surface area contributed by atoms with Crippen molar-refractivity contribution in [3.63, 3.8) is 0 Å². The first-order valence-electron chi connectivity index (χ1n) is 7.25. The summed E-state index contributed by atoms with van der Waals surface area (Å²) in [5.41, 5.74) is 6.09. The first-order chi connectivity index (χ1) is 9.47. The quantitative estimate of drug-likeness (QED) is 0.893. The standard InChI is InChI=1S/C16H23FN2O/c1-11-5-4-8-16(9-11,10-18)19-15(20)13-7-3-6-12(2)14(13)17/h3,6-7,11H,4-5,8-10,18H2,1-2H3,(H,19,20). The SMILES string of the molecule is Cc1cccc(C(=O)NC2(CN)CCCC(C)C2)c1F. The second-order valence-corrected chi connectivity index (χ2v) is 6.08. The van der Waals surface area contributed by atoms with Crippen molar-refractivity contribution >= 4 is 5.91 Å². The first-order valence-corrected chi connectivity index (χ1v) is 7.25. The molecule has 3 nitrogen and oxygen atoms in total. The molecule has 1 amide bonds. The zero-order valence-corrected chi connectivity index (χ0v) is 12.2. The molecular weight excluding hydrogens is 255 g/mol. The summed E-state index contributed by atoms with van der Waals surface area (Å²) < 4.78 is 14.0. The Bertz CT molecular complexity index is 503. The van der Waals surface area contributed by atoms with Gasteiger partial charge in [-0.2, -0.15) is 0 Å². The van der Waals surface area contributed by atoms with E-state index in [-0.39, 0.29) is 17.0 Å². The molecule has 20 heavy (non-hydrogen) atoms. The first kappa shape index (κ1) is 15.0. The average Bonchev–Trinajstić information content (AvgIpc) is 2.41. The lowest BCUT2D eigenvalue weighted by Crippen LogP contribution is -2.56. The Labute approximate surface area is 119 Å². The van der Waals surface area contributed by atoms with Crippen LogP contribution in [0.2, 0.25) is 0 Å². The van der Waals surface area contributed by atoms with Crippen molar-refractivity contribution < 1.29 is 9.18 Å². The van der Waals surface area contributed by atoms with Gasteiger partial charge < -0.3 is 11.1 Å². The summed E-state index contributed by atoms with van der Waals surface area (Å²) in [5, 5.41) is 2.99. The molecule has 1 saturated carbocycles. The maximum Gasteiger partial charge on any atom is 0.254 e. The molecule has 0 saturated heterocycles. The van der Waals surface area contributed by atoms with E-state index in [1.807, 2.05) is 0 Å². The van der Waals surface area contributed by atoms with Crippen molar-refractivity contribution in [1.29, 1.82) is 0 Å². The second kappa shape index (κ2) is 5.92. The van der Waals surface area contributed by atoms with E-state index in [2.05, 4.69) is 12.2 Å². The number of hydrogen-bond acceptors (Lipinski definition) is 2. The molecule has 1 aliphatic rings. The van der Waals surface area contributed by atoms with Gasteiger partial charge in [0, 0.05) is 6.54 Å². The van der Waals surface area contributed by atoms with Gasteiger partial charge >= 0.3 is 0 Å². The fraction of sp³-hybridized carbons (Fsp3) is 0.562. The van der Waals surface area contributed by atoms with E-state index in [0.717, 1.165) is 25.7 Å². The van der Waals surface area contributed by atoms with Gasteiger partial charge in [0.15, 0.2) is 0 Å². The van der Waals surface area contributed by atoms with Crippen LogP contribution in [0.25, 0.3) is 0 Å². The normalized spacial score (nSPS) is 26.3. The summed E-state index contributed by atoms with van der Waals surface area (Å²) in [6.45, 7) is 4.23. The van der Waals surface area contributed by atoms with Crippen LogP contribution in [0.3, 0.4) is 0 Å². The Morgan fingerprint density at radius 2 is 2.30 bits per heavy atom. The fourth-order valence-corrected chi connectivity index (χ4v) is 3.14. The van der Waals surface area contributed by atoms with E-state index in [9.17, 15) is 9.18 Å². The van der Waals surface area contributed by atoms with E-state index < -0.39 is 5.82 Å². The van der Waals surface area contributed by atoms with Crippen LogP contribution in [0.15, 0.2) is 18.2 Å². The number of nitrogens with one attached hydrogen (secondary N) is 1. The molecule has 0 radical (unpaired) electrons. The molecule has 1 fully saturated rings. The van der Waals surface area contributed by atoms with Gasteiger partial charge in [-0.3, -0.25) is 4.79 Å². The van der Waals surface area contributed by atoms with Crippen molar-refractivity contribution in [1.82, 2.24) is 5.32 Å². The Morgan fingerprint density at radius 3 is 2.95 bits per heavy atom. The molecular formula is C16H23FN2O. The van der Waals surface area contributed by atoms with Gasteiger partial charge in [-0.1, -0.05) is 31.9 Å². The summed E-state index contributed by atoms with van der Waals surface area (Å²) in [5.74, 6) is -0.262. The lowest BCUT2D eigenvalue weighted by atomic mass is 9.76. The Hall–Kier alpha value is -1.42. The van der Waals surface area contributed by atoms with Gasteiger partial charge in [0.25, 0.3) is 5.91 Å². The van der Waals surface area contributed by atoms with Gasteiger partial charge in [0.05, 0.1) is 11.1 Å². The fourth-order valence-electron chi connectivity index (χ4n) is 3.14. The van der Waals surface area contributed by atoms with Crippen LogP contribution >= 0.6 is 0 Å². The summed E-state index contributed by atoms with van der Waals surface area (Å²) in [4.78, 5) is 12.4. The number of carbonyl (C=O) groups is 1. The zero-order valence-electron chi connectivity index (χ0n) is 12.2. The highest BCUT2D eigenvalue weighted by molar-refractivity contribution is 5.95. The number of rotatable bonds is 3. The zero-order chi connectivity index (χ0) is 14.8. The number of carbonyl (C=O) groups excluding carboxylic acids is 1. The average molecular weight is 278 g/mol. The summed E-state index contributed by atoms with van der Waals surface area (Å²) in [6.07, 6.45) is 3.95. The highest BCUT2D eigenvalue weighted by Crippen LogP contribution is 2.32. The van der Waals surface area contributed by atoms with Crippen molar-refractivity contribution in [3.05, 3.63) is 35.1 Å². The largest absolute Gasteiger partial charge is 0.345 e. The smallest absolute Gasteiger partial charge is 0.254 e. The van der Waals surface area contributed by atoms with Crippen LogP contribution in [0.5, 0.6) is 0 Å². The molecule has 0 spiro atoms. The van der Waals surface area contributed by atoms with Gasteiger partial charge in [0.1, 0.15) is 5.82 Å². The summed E-state index contributed by atoms with van der Waals surface area (Å²) in [6, 6.07) is 4.88. The minimum Gasteiger partial charge on any atom is -0.345 e. The third-order valence-corrected chi connectivity index (χ3v) is 4.30. The van der Waals surface area contributed by atoms with Crippen molar-refractivity contribution in [2.24, 2.45) is 11.7 Å². The van der Waals surface area contributed by atoms with Crippen molar-refractivity contribution in [2.45, 2.75) is 45.1 Å². The second-order valence-electron chi connectivity index (χ2n) is 6.08. The minimum atomic E-state index is -0.443.